The van der Waals surface area contributed by atoms with Crippen molar-refractivity contribution in [1.82, 2.24) is 0 Å². The second kappa shape index (κ2) is 8.38. The van der Waals surface area contributed by atoms with Gasteiger partial charge in [0.15, 0.2) is 0 Å². The highest BCUT2D eigenvalue weighted by Gasteiger charge is 2.62. The third-order valence-electron chi connectivity index (χ3n) is 8.72. The molecule has 0 N–H and O–H groups in total. The quantitative estimate of drug-likeness (QED) is 0.216. The summed E-state index contributed by atoms with van der Waals surface area (Å²) in [6.07, 6.45) is 0. The molecule has 1 aliphatic heterocycles. The predicted molar refractivity (Wildman–Crippen MR) is 151 cm³/mol. The Morgan fingerprint density at radius 2 is 1.10 bits per heavy atom. The van der Waals surface area contributed by atoms with Crippen LogP contribution in [0.15, 0.2) is 60.7 Å². The van der Waals surface area contributed by atoms with Gasteiger partial charge in [-0.05, 0) is 68.5 Å². The van der Waals surface area contributed by atoms with Gasteiger partial charge in [0.25, 0.3) is 0 Å². The Hall–Kier alpha value is -3.73. The van der Waals surface area contributed by atoms with Gasteiger partial charge >= 0.3 is 5.97 Å². The molecule has 2 amide bonds. The molecule has 0 aromatic heterocycles. The van der Waals surface area contributed by atoms with Crippen molar-refractivity contribution in [3.05, 3.63) is 94.0 Å². The molecule has 39 heavy (non-hydrogen) atoms. The van der Waals surface area contributed by atoms with Gasteiger partial charge in [0.05, 0.1) is 17.5 Å². The molecular weight excluding hydrogens is 486 g/mol. The third-order valence-corrected chi connectivity index (χ3v) is 8.72. The molecule has 1 saturated heterocycles. The van der Waals surface area contributed by atoms with Crippen molar-refractivity contribution in [2.45, 2.75) is 71.1 Å². The average Bonchev–Trinajstić information content (AvgIpc) is 3.13. The molecule has 200 valence electrons. The van der Waals surface area contributed by atoms with Gasteiger partial charge in [0, 0.05) is 18.8 Å². The first kappa shape index (κ1) is 25.5. The zero-order chi connectivity index (χ0) is 28.0. The summed E-state index contributed by atoms with van der Waals surface area (Å²) in [5.74, 6) is -1.61. The van der Waals surface area contributed by atoms with Crippen LogP contribution in [0.25, 0.3) is 0 Å². The Kier molecular flexibility index (Phi) is 5.49. The van der Waals surface area contributed by atoms with Crippen molar-refractivity contribution < 1.29 is 19.1 Å². The highest BCUT2D eigenvalue weighted by atomic mass is 16.5. The number of hydrogen-bond donors (Lipinski definition) is 0. The van der Waals surface area contributed by atoms with Crippen LogP contribution < -0.4 is 9.64 Å². The fraction of sp³-hybridized carbons (Fsp3) is 0.382. The summed E-state index contributed by atoms with van der Waals surface area (Å²) in [7, 11) is 0. The molecule has 2 bridgehead atoms. The minimum Gasteiger partial charge on any atom is -0.427 e. The van der Waals surface area contributed by atoms with E-state index in [1.807, 2.05) is 0 Å². The van der Waals surface area contributed by atoms with E-state index in [1.54, 1.807) is 24.3 Å². The zero-order valence-electron chi connectivity index (χ0n) is 23.7. The standard InChI is InChI=1S/C34H35NO4/c1-18(36)39-22-12-10-21(11-13-22)35-31(37)29-27-24-15-9-20(34(5,6)7)17-26(24)28(30(29)32(35)38)23-14-8-19(16-25(23)27)33(2,3)4/h8-17,27-30H,1-7H3/t27-,28+,29-,30+. The van der Waals surface area contributed by atoms with Gasteiger partial charge < -0.3 is 4.74 Å². The van der Waals surface area contributed by atoms with E-state index in [2.05, 4.69) is 77.9 Å². The molecule has 4 aliphatic rings. The number of hydrogen-bond acceptors (Lipinski definition) is 4. The zero-order valence-corrected chi connectivity index (χ0v) is 23.7. The summed E-state index contributed by atoms with van der Waals surface area (Å²) in [5.41, 5.74) is 7.59. The van der Waals surface area contributed by atoms with Crippen LogP contribution in [0.5, 0.6) is 5.75 Å². The highest BCUT2D eigenvalue weighted by Crippen LogP contribution is 2.62. The minimum atomic E-state index is -0.452. The van der Waals surface area contributed by atoms with E-state index in [1.165, 1.54) is 45.2 Å². The topological polar surface area (TPSA) is 63.7 Å². The maximum absolute atomic E-state index is 14.2. The summed E-state index contributed by atoms with van der Waals surface area (Å²) in [5, 5.41) is 0. The predicted octanol–water partition coefficient (Wildman–Crippen LogP) is 6.60. The number of imide groups is 1. The number of ether oxygens (including phenoxy) is 1. The van der Waals surface area contributed by atoms with Gasteiger partial charge in [-0.2, -0.15) is 0 Å². The lowest BCUT2D eigenvalue weighted by Gasteiger charge is -2.47. The number of nitrogens with zero attached hydrogens (tertiary/aromatic N) is 1. The molecule has 0 spiro atoms. The van der Waals surface area contributed by atoms with E-state index >= 15 is 0 Å². The number of carbonyl (C=O) groups excluding carboxylic acids is 3. The van der Waals surface area contributed by atoms with Gasteiger partial charge in [0.2, 0.25) is 11.8 Å². The van der Waals surface area contributed by atoms with Gasteiger partial charge in [-0.25, -0.2) is 4.90 Å². The number of esters is 1. The summed E-state index contributed by atoms with van der Waals surface area (Å²) in [6.45, 7) is 14.6. The third kappa shape index (κ3) is 3.85. The number of rotatable bonds is 2. The molecule has 0 radical (unpaired) electrons. The highest BCUT2D eigenvalue weighted by molar-refractivity contribution is 6.23. The summed E-state index contributed by atoms with van der Waals surface area (Å²) in [4.78, 5) is 41.0. The van der Waals surface area contributed by atoms with Crippen molar-refractivity contribution in [2.24, 2.45) is 11.8 Å². The molecule has 4 atom stereocenters. The van der Waals surface area contributed by atoms with Gasteiger partial charge in [-0.1, -0.05) is 77.9 Å². The fourth-order valence-corrected chi connectivity index (χ4v) is 6.79. The number of amides is 2. The molecule has 0 unspecified atom stereocenters. The molecule has 3 aromatic rings. The number of anilines is 1. The molecule has 7 rings (SSSR count). The SMILES string of the molecule is CC(=O)Oc1ccc(N2C(=O)[C@@H]3[C@H]4c5cc(C(C)(C)C)ccc5[C@@H](c5cc(C(C)(C)C)ccc54)[C@@H]3C2=O)cc1. The molecule has 3 aromatic carbocycles. The first-order valence-corrected chi connectivity index (χ1v) is 13.7. The molecule has 0 saturated carbocycles. The van der Waals surface area contributed by atoms with Crippen LogP contribution in [0.3, 0.4) is 0 Å². The second-order valence-electron chi connectivity index (χ2n) is 13.3. The van der Waals surface area contributed by atoms with Crippen LogP contribution >= 0.6 is 0 Å². The molecule has 5 nitrogen and oxygen atoms in total. The first-order chi connectivity index (χ1) is 18.3. The van der Waals surface area contributed by atoms with Crippen molar-refractivity contribution in [3.63, 3.8) is 0 Å². The Balaban J connectivity index is 1.51. The Morgan fingerprint density at radius 3 is 1.49 bits per heavy atom. The maximum atomic E-state index is 14.2. The van der Waals surface area contributed by atoms with E-state index in [9.17, 15) is 14.4 Å². The lowest BCUT2D eigenvalue weighted by molar-refractivity contribution is -0.132. The van der Waals surface area contributed by atoms with E-state index in [0.29, 0.717) is 11.4 Å². The van der Waals surface area contributed by atoms with Gasteiger partial charge in [-0.15, -0.1) is 0 Å². The monoisotopic (exact) mass is 521 g/mol. The Labute approximate surface area is 230 Å². The molecular formula is C34H35NO4. The first-order valence-electron chi connectivity index (χ1n) is 13.7. The smallest absolute Gasteiger partial charge is 0.308 e. The van der Waals surface area contributed by atoms with E-state index in [4.69, 9.17) is 4.74 Å². The lowest BCUT2D eigenvalue weighted by atomic mass is 9.54. The van der Waals surface area contributed by atoms with Gasteiger partial charge in [0.1, 0.15) is 5.75 Å². The normalized spacial score (nSPS) is 23.4. The second-order valence-corrected chi connectivity index (χ2v) is 13.3. The summed E-state index contributed by atoms with van der Waals surface area (Å²) >= 11 is 0. The van der Waals surface area contributed by atoms with Gasteiger partial charge in [-0.3, -0.25) is 14.4 Å². The minimum absolute atomic E-state index is 0.0325. The molecule has 1 heterocycles. The Morgan fingerprint density at radius 1 is 0.667 bits per heavy atom. The summed E-state index contributed by atoms with van der Waals surface area (Å²) in [6, 6.07) is 20.0. The van der Waals surface area contributed by atoms with Crippen molar-refractivity contribution in [2.75, 3.05) is 4.90 Å². The van der Waals surface area contributed by atoms with Crippen molar-refractivity contribution >= 4 is 23.5 Å². The fourth-order valence-electron chi connectivity index (χ4n) is 6.79. The van der Waals surface area contributed by atoms with Crippen molar-refractivity contribution in [1.29, 1.82) is 0 Å². The van der Waals surface area contributed by atoms with E-state index < -0.39 is 17.8 Å². The molecule has 5 heteroatoms. The van der Waals surface area contributed by atoms with E-state index in [0.717, 1.165) is 0 Å². The Bertz CT molecular complexity index is 1450. The average molecular weight is 522 g/mol. The maximum Gasteiger partial charge on any atom is 0.308 e. The van der Waals surface area contributed by atoms with Crippen LogP contribution in [-0.4, -0.2) is 17.8 Å². The van der Waals surface area contributed by atoms with E-state index in [-0.39, 0.29) is 34.5 Å². The molecule has 3 aliphatic carbocycles. The number of benzene rings is 3. The van der Waals surface area contributed by atoms with Crippen LogP contribution in [0, 0.1) is 11.8 Å². The summed E-state index contributed by atoms with van der Waals surface area (Å²) < 4.78 is 5.16. The van der Waals surface area contributed by atoms with Crippen LogP contribution in [0.2, 0.25) is 0 Å². The van der Waals surface area contributed by atoms with Crippen LogP contribution in [0.1, 0.15) is 93.7 Å². The van der Waals surface area contributed by atoms with Crippen LogP contribution in [0.4, 0.5) is 5.69 Å². The van der Waals surface area contributed by atoms with Crippen molar-refractivity contribution in [3.8, 4) is 5.75 Å². The number of carbonyl (C=O) groups is 3. The largest absolute Gasteiger partial charge is 0.427 e. The van der Waals surface area contributed by atoms with Crippen LogP contribution in [-0.2, 0) is 25.2 Å². The molecule has 1 fully saturated rings. The lowest BCUT2D eigenvalue weighted by Crippen LogP contribution is -2.42.